The Kier molecular flexibility index (Phi) is 10.1. The number of hydrogen-bond acceptors (Lipinski definition) is 5. The van der Waals surface area contributed by atoms with Gasteiger partial charge in [-0.25, -0.2) is 4.98 Å². The first-order chi connectivity index (χ1) is 19.0. The highest BCUT2D eigenvalue weighted by molar-refractivity contribution is 8.00. The molecule has 1 amide bonds. The second-order valence-electron chi connectivity index (χ2n) is 9.49. The van der Waals surface area contributed by atoms with Crippen LogP contribution in [0, 0.1) is 0 Å². The van der Waals surface area contributed by atoms with E-state index in [0.29, 0.717) is 29.4 Å². The monoisotopic (exact) mass is 541 g/mol. The van der Waals surface area contributed by atoms with E-state index in [0.717, 1.165) is 12.0 Å². The van der Waals surface area contributed by atoms with Gasteiger partial charge in [0, 0.05) is 38.6 Å². The number of rotatable bonds is 12. The smallest absolute Gasteiger partial charge is 0.257 e. The third-order valence-electron chi connectivity index (χ3n) is 6.72. The third-order valence-corrected chi connectivity index (χ3v) is 7.86. The summed E-state index contributed by atoms with van der Waals surface area (Å²) in [6, 6.07) is 30.6. The van der Waals surface area contributed by atoms with Gasteiger partial charge in [-0.1, -0.05) is 103 Å². The highest BCUT2D eigenvalue weighted by Gasteiger charge is 2.21. The zero-order valence-electron chi connectivity index (χ0n) is 22.7. The summed E-state index contributed by atoms with van der Waals surface area (Å²) in [7, 11) is 3.30. The summed E-state index contributed by atoms with van der Waals surface area (Å²) in [4.78, 5) is 31.1. The zero-order valence-corrected chi connectivity index (χ0v) is 23.5. The van der Waals surface area contributed by atoms with Crippen LogP contribution >= 0.6 is 11.8 Å². The number of ether oxygens (including phenoxy) is 1. The normalized spacial score (nSPS) is 11.9. The van der Waals surface area contributed by atoms with Gasteiger partial charge in [-0.15, -0.1) is 0 Å². The van der Waals surface area contributed by atoms with E-state index in [-0.39, 0.29) is 24.0 Å². The van der Waals surface area contributed by atoms with Crippen LogP contribution in [0.25, 0.3) is 0 Å². The molecule has 0 radical (unpaired) electrons. The first-order valence-corrected chi connectivity index (χ1v) is 14.0. The fraction of sp³-hybridized carbons (Fsp3) is 0.281. The average molecular weight is 542 g/mol. The Balaban J connectivity index is 1.43. The Morgan fingerprint density at radius 1 is 0.949 bits per heavy atom. The Morgan fingerprint density at radius 2 is 1.51 bits per heavy atom. The molecule has 1 atom stereocenters. The summed E-state index contributed by atoms with van der Waals surface area (Å²) in [6.07, 6.45) is 1.25. The fourth-order valence-corrected chi connectivity index (χ4v) is 5.51. The Bertz CT molecular complexity index is 1370. The Morgan fingerprint density at radius 3 is 2.08 bits per heavy atom. The molecule has 1 heterocycles. The summed E-state index contributed by atoms with van der Waals surface area (Å²) in [5, 5.41) is 3.16. The van der Waals surface area contributed by atoms with E-state index < -0.39 is 5.25 Å². The van der Waals surface area contributed by atoms with E-state index >= 15 is 0 Å². The number of nitrogens with zero attached hydrogens (tertiary/aromatic N) is 2. The van der Waals surface area contributed by atoms with Crippen LogP contribution < -0.4 is 10.9 Å². The lowest BCUT2D eigenvalue weighted by molar-refractivity contribution is -0.120. The van der Waals surface area contributed by atoms with E-state index in [9.17, 15) is 9.59 Å². The van der Waals surface area contributed by atoms with Gasteiger partial charge in [-0.3, -0.25) is 14.2 Å². The van der Waals surface area contributed by atoms with Crippen molar-refractivity contribution in [2.75, 3.05) is 13.7 Å². The van der Waals surface area contributed by atoms with Gasteiger partial charge in [0.05, 0.1) is 17.6 Å². The van der Waals surface area contributed by atoms with E-state index in [4.69, 9.17) is 9.72 Å². The molecule has 0 fully saturated rings. The fourth-order valence-electron chi connectivity index (χ4n) is 4.60. The maximum absolute atomic E-state index is 13.3. The minimum Gasteiger partial charge on any atom is -0.378 e. The Hall–Kier alpha value is -3.68. The molecule has 1 N–H and O–H groups in total. The number of thioether (sulfide) groups is 1. The summed E-state index contributed by atoms with van der Waals surface area (Å²) < 4.78 is 6.89. The molecule has 0 bridgehead atoms. The van der Waals surface area contributed by atoms with Crippen LogP contribution in [0.3, 0.4) is 0 Å². The van der Waals surface area contributed by atoms with E-state index in [1.807, 2.05) is 73.7 Å². The molecule has 0 aliphatic rings. The first kappa shape index (κ1) is 28.3. The second kappa shape index (κ2) is 13.9. The molecular weight excluding hydrogens is 506 g/mol. The topological polar surface area (TPSA) is 73.2 Å². The van der Waals surface area contributed by atoms with Crippen molar-refractivity contribution < 1.29 is 9.53 Å². The molecule has 0 aliphatic heterocycles. The van der Waals surface area contributed by atoms with Crippen LogP contribution in [-0.2, 0) is 29.6 Å². The number of carbonyl (C=O) groups excluding carboxylic acids is 1. The maximum atomic E-state index is 13.3. The molecule has 4 aromatic rings. The van der Waals surface area contributed by atoms with Crippen molar-refractivity contribution in [3.8, 4) is 0 Å². The first-order valence-electron chi connectivity index (χ1n) is 13.1. The van der Waals surface area contributed by atoms with Crippen molar-refractivity contribution in [3.63, 3.8) is 0 Å². The molecule has 1 unspecified atom stereocenters. The van der Waals surface area contributed by atoms with Crippen LogP contribution in [0.1, 0.15) is 47.2 Å². The molecule has 0 spiro atoms. The lowest BCUT2D eigenvalue weighted by atomic mass is 9.88. The average Bonchev–Trinajstić information content (AvgIpc) is 2.97. The molecule has 0 saturated carbocycles. The van der Waals surface area contributed by atoms with Gasteiger partial charge < -0.3 is 10.1 Å². The molecule has 0 saturated heterocycles. The van der Waals surface area contributed by atoms with Gasteiger partial charge in [-0.05, 0) is 30.0 Å². The van der Waals surface area contributed by atoms with Gasteiger partial charge >= 0.3 is 0 Å². The summed E-state index contributed by atoms with van der Waals surface area (Å²) in [5.41, 5.74) is 4.57. The minimum absolute atomic E-state index is 0.0872. The molecule has 7 heteroatoms. The minimum atomic E-state index is -0.426. The molecule has 6 nitrogen and oxygen atoms in total. The van der Waals surface area contributed by atoms with Crippen molar-refractivity contribution >= 4 is 17.7 Å². The van der Waals surface area contributed by atoms with E-state index in [1.54, 1.807) is 14.2 Å². The molecule has 0 aliphatic carbocycles. The van der Waals surface area contributed by atoms with Crippen molar-refractivity contribution in [3.05, 3.63) is 129 Å². The summed E-state index contributed by atoms with van der Waals surface area (Å²) in [6.45, 7) is 2.61. The molecular formula is C32H35N3O3S. The van der Waals surface area contributed by atoms with Gasteiger partial charge in [0.1, 0.15) is 0 Å². The summed E-state index contributed by atoms with van der Waals surface area (Å²) in [5.74, 6) is 0.0997. The van der Waals surface area contributed by atoms with Gasteiger partial charge in [-0.2, -0.15) is 0 Å². The largest absolute Gasteiger partial charge is 0.378 e. The standard InChI is InChI=1S/C32H35N3O3S/c1-23(30(36)33-20-19-27(25-15-9-5-10-16-25)26-17-11-6-12-18-26)39-32-34-29(22-38-3)28(31(37)35(32)2)21-24-13-7-4-8-14-24/h4-18,23,27H,19-22H2,1-3H3,(H,33,36). The molecule has 3 aromatic carbocycles. The molecule has 4 rings (SSSR count). The molecule has 202 valence electrons. The van der Waals surface area contributed by atoms with Crippen molar-refractivity contribution in [1.82, 2.24) is 14.9 Å². The van der Waals surface area contributed by atoms with Crippen LogP contribution in [0.15, 0.2) is 101 Å². The molecule has 39 heavy (non-hydrogen) atoms. The summed E-state index contributed by atoms with van der Waals surface area (Å²) >= 11 is 1.28. The predicted molar refractivity (Wildman–Crippen MR) is 157 cm³/mol. The predicted octanol–water partition coefficient (Wildman–Crippen LogP) is 5.34. The number of methoxy groups -OCH3 is 1. The number of benzene rings is 3. The van der Waals surface area contributed by atoms with Gasteiger partial charge in [0.15, 0.2) is 5.16 Å². The lowest BCUT2D eigenvalue weighted by Gasteiger charge is -2.20. The number of nitrogens with one attached hydrogen (secondary N) is 1. The van der Waals surface area contributed by atoms with Gasteiger partial charge in [0.25, 0.3) is 5.56 Å². The number of aromatic nitrogens is 2. The van der Waals surface area contributed by atoms with Crippen LogP contribution in [0.4, 0.5) is 0 Å². The van der Waals surface area contributed by atoms with Crippen molar-refractivity contribution in [2.45, 2.75) is 42.7 Å². The molecule has 1 aromatic heterocycles. The quantitative estimate of drug-likeness (QED) is 0.194. The van der Waals surface area contributed by atoms with Crippen molar-refractivity contribution in [1.29, 1.82) is 0 Å². The highest BCUT2D eigenvalue weighted by atomic mass is 32.2. The number of amides is 1. The number of hydrogen-bond donors (Lipinski definition) is 1. The van der Waals surface area contributed by atoms with Crippen molar-refractivity contribution in [2.24, 2.45) is 7.05 Å². The van der Waals surface area contributed by atoms with Crippen LogP contribution in [0.5, 0.6) is 0 Å². The van der Waals surface area contributed by atoms with Crippen LogP contribution in [0.2, 0.25) is 0 Å². The lowest BCUT2D eigenvalue weighted by Crippen LogP contribution is -2.33. The zero-order chi connectivity index (χ0) is 27.6. The number of carbonyl (C=O) groups is 1. The van der Waals surface area contributed by atoms with E-state index in [2.05, 4.69) is 29.6 Å². The van der Waals surface area contributed by atoms with E-state index in [1.165, 1.54) is 27.5 Å². The third kappa shape index (κ3) is 7.46. The second-order valence-corrected chi connectivity index (χ2v) is 10.8. The highest BCUT2D eigenvalue weighted by Crippen LogP contribution is 2.28. The maximum Gasteiger partial charge on any atom is 0.257 e. The Labute approximate surface area is 234 Å². The van der Waals surface area contributed by atoms with Gasteiger partial charge in [0.2, 0.25) is 5.91 Å². The SMILES string of the molecule is COCc1nc(SC(C)C(=O)NCCC(c2ccccc2)c2ccccc2)n(C)c(=O)c1Cc1ccccc1. The van der Waals surface area contributed by atoms with Crippen LogP contribution in [-0.4, -0.2) is 34.4 Å².